The van der Waals surface area contributed by atoms with Crippen molar-refractivity contribution in [1.82, 2.24) is 4.98 Å². The van der Waals surface area contributed by atoms with Crippen LogP contribution < -0.4 is 4.74 Å². The molecule has 1 atom stereocenters. The summed E-state index contributed by atoms with van der Waals surface area (Å²) in [5.41, 5.74) is 1.50. The van der Waals surface area contributed by atoms with E-state index in [9.17, 15) is 5.11 Å². The van der Waals surface area contributed by atoms with Crippen LogP contribution in [-0.2, 0) is 6.42 Å². The second kappa shape index (κ2) is 5.85. The first-order valence-corrected chi connectivity index (χ1v) is 6.00. The Morgan fingerprint density at radius 2 is 2.17 bits per heavy atom. The van der Waals surface area contributed by atoms with E-state index in [-0.39, 0.29) is 0 Å². The minimum Gasteiger partial charge on any atom is -0.495 e. The predicted octanol–water partition coefficient (Wildman–Crippen LogP) is 3.02. The van der Waals surface area contributed by atoms with Crippen molar-refractivity contribution in [2.75, 3.05) is 7.11 Å². The second-order valence-electron chi connectivity index (χ2n) is 3.94. The van der Waals surface area contributed by atoms with Crippen molar-refractivity contribution in [3.05, 3.63) is 58.9 Å². The number of methoxy groups -OCH3 is 1. The molecule has 18 heavy (non-hydrogen) atoms. The third kappa shape index (κ3) is 3.00. The van der Waals surface area contributed by atoms with Crippen molar-refractivity contribution in [3.8, 4) is 5.75 Å². The average molecular weight is 264 g/mol. The van der Waals surface area contributed by atoms with Crippen LogP contribution in [0.15, 0.2) is 42.6 Å². The van der Waals surface area contributed by atoms with Crippen LogP contribution >= 0.6 is 11.6 Å². The minimum atomic E-state index is -0.709. The first-order valence-electron chi connectivity index (χ1n) is 5.62. The Labute approximate surface area is 111 Å². The van der Waals surface area contributed by atoms with Crippen molar-refractivity contribution in [3.63, 3.8) is 0 Å². The first kappa shape index (κ1) is 12.9. The van der Waals surface area contributed by atoms with Crippen molar-refractivity contribution in [2.24, 2.45) is 0 Å². The van der Waals surface area contributed by atoms with Gasteiger partial charge >= 0.3 is 0 Å². The van der Waals surface area contributed by atoms with E-state index < -0.39 is 6.10 Å². The van der Waals surface area contributed by atoms with Gasteiger partial charge in [0.1, 0.15) is 17.5 Å². The van der Waals surface area contributed by atoms with Gasteiger partial charge in [-0.2, -0.15) is 0 Å². The third-order valence-electron chi connectivity index (χ3n) is 2.65. The highest BCUT2D eigenvalue weighted by molar-refractivity contribution is 6.30. The molecule has 0 aliphatic rings. The normalized spacial score (nSPS) is 12.2. The van der Waals surface area contributed by atoms with E-state index >= 15 is 0 Å². The van der Waals surface area contributed by atoms with Crippen LogP contribution in [0.2, 0.25) is 5.02 Å². The largest absolute Gasteiger partial charge is 0.495 e. The van der Waals surface area contributed by atoms with Gasteiger partial charge in [0, 0.05) is 17.6 Å². The molecular formula is C14H14ClNO2. The van der Waals surface area contributed by atoms with E-state index in [0.29, 0.717) is 22.9 Å². The van der Waals surface area contributed by atoms with Gasteiger partial charge in [-0.25, -0.2) is 0 Å². The molecule has 0 fully saturated rings. The van der Waals surface area contributed by atoms with E-state index in [1.165, 1.54) is 0 Å². The van der Waals surface area contributed by atoms with Gasteiger partial charge in [0.05, 0.1) is 7.11 Å². The van der Waals surface area contributed by atoms with Crippen molar-refractivity contribution in [2.45, 2.75) is 12.5 Å². The summed E-state index contributed by atoms with van der Waals surface area (Å²) in [5, 5.41) is 10.9. The first-order chi connectivity index (χ1) is 8.70. The number of benzene rings is 1. The molecule has 0 amide bonds. The van der Waals surface area contributed by atoms with Crippen LogP contribution in [-0.4, -0.2) is 17.2 Å². The molecule has 0 bridgehead atoms. The number of hydrogen-bond donors (Lipinski definition) is 1. The predicted molar refractivity (Wildman–Crippen MR) is 70.9 cm³/mol. The van der Waals surface area contributed by atoms with Gasteiger partial charge in [-0.1, -0.05) is 23.7 Å². The van der Waals surface area contributed by atoms with E-state index in [0.717, 1.165) is 5.56 Å². The zero-order valence-corrected chi connectivity index (χ0v) is 10.8. The summed E-state index contributed by atoms with van der Waals surface area (Å²) in [6.45, 7) is 0. The fourth-order valence-corrected chi connectivity index (χ4v) is 2.02. The summed E-state index contributed by atoms with van der Waals surface area (Å²) in [5.74, 6) is 0.590. The number of aromatic nitrogens is 1. The van der Waals surface area contributed by atoms with E-state index in [1.807, 2.05) is 18.2 Å². The Bertz CT molecular complexity index is 531. The lowest BCUT2D eigenvalue weighted by Crippen LogP contribution is -2.06. The lowest BCUT2D eigenvalue weighted by Gasteiger charge is -2.13. The molecule has 0 aliphatic carbocycles. The van der Waals surface area contributed by atoms with E-state index in [2.05, 4.69) is 4.98 Å². The third-order valence-corrected chi connectivity index (χ3v) is 2.89. The maximum Gasteiger partial charge on any atom is 0.143 e. The number of halogens is 1. The van der Waals surface area contributed by atoms with Crippen LogP contribution in [0.5, 0.6) is 5.75 Å². The Kier molecular flexibility index (Phi) is 4.18. The molecular weight excluding hydrogens is 250 g/mol. The zero-order valence-electron chi connectivity index (χ0n) is 10.0. The topological polar surface area (TPSA) is 42.4 Å². The minimum absolute atomic E-state index is 0.452. The fraction of sp³-hybridized carbons (Fsp3) is 0.214. The summed E-state index contributed by atoms with van der Waals surface area (Å²) in [6.07, 6.45) is 1.38. The average Bonchev–Trinajstić information content (AvgIpc) is 2.38. The van der Waals surface area contributed by atoms with Crippen LogP contribution in [0.1, 0.15) is 17.4 Å². The molecule has 1 aromatic carbocycles. The highest BCUT2D eigenvalue weighted by Crippen LogP contribution is 2.25. The zero-order chi connectivity index (χ0) is 13.0. The van der Waals surface area contributed by atoms with E-state index in [4.69, 9.17) is 16.3 Å². The summed E-state index contributed by atoms with van der Waals surface area (Å²) < 4.78 is 5.18. The summed E-state index contributed by atoms with van der Waals surface area (Å²) >= 11 is 5.91. The molecule has 1 N–H and O–H groups in total. The van der Waals surface area contributed by atoms with Gasteiger partial charge in [0.2, 0.25) is 0 Å². The molecule has 1 unspecified atom stereocenters. The van der Waals surface area contributed by atoms with Gasteiger partial charge in [-0.05, 0) is 29.8 Å². The molecule has 1 aromatic heterocycles. The SMILES string of the molecule is COc1cccnc1C(O)Cc1cccc(Cl)c1. The molecule has 0 saturated carbocycles. The quantitative estimate of drug-likeness (QED) is 0.922. The maximum absolute atomic E-state index is 10.2. The van der Waals surface area contributed by atoms with Crippen LogP contribution in [0.25, 0.3) is 0 Å². The van der Waals surface area contributed by atoms with Crippen molar-refractivity contribution in [1.29, 1.82) is 0 Å². The van der Waals surface area contributed by atoms with Crippen molar-refractivity contribution >= 4 is 11.6 Å². The molecule has 4 heteroatoms. The molecule has 1 heterocycles. The Hall–Kier alpha value is -1.58. The molecule has 3 nitrogen and oxygen atoms in total. The summed E-state index contributed by atoms with van der Waals surface area (Å²) in [4.78, 5) is 4.16. The molecule has 0 spiro atoms. The van der Waals surface area contributed by atoms with Gasteiger partial charge in [0.25, 0.3) is 0 Å². The number of ether oxygens (including phenoxy) is 1. The molecule has 0 aliphatic heterocycles. The number of rotatable bonds is 4. The highest BCUT2D eigenvalue weighted by Gasteiger charge is 2.15. The molecule has 2 rings (SSSR count). The lowest BCUT2D eigenvalue weighted by molar-refractivity contribution is 0.169. The molecule has 2 aromatic rings. The van der Waals surface area contributed by atoms with Crippen molar-refractivity contribution < 1.29 is 9.84 Å². The monoisotopic (exact) mass is 263 g/mol. The van der Waals surface area contributed by atoms with Crippen LogP contribution in [0, 0.1) is 0 Å². The Morgan fingerprint density at radius 1 is 1.33 bits per heavy atom. The summed E-state index contributed by atoms with van der Waals surface area (Å²) in [6, 6.07) is 11.0. The molecule has 0 radical (unpaired) electrons. The number of pyridine rings is 1. The maximum atomic E-state index is 10.2. The van der Waals surface area contributed by atoms with Gasteiger partial charge in [0.15, 0.2) is 0 Å². The highest BCUT2D eigenvalue weighted by atomic mass is 35.5. The van der Waals surface area contributed by atoms with Gasteiger partial charge in [-0.15, -0.1) is 0 Å². The molecule has 0 saturated heterocycles. The van der Waals surface area contributed by atoms with E-state index in [1.54, 1.807) is 31.5 Å². The summed E-state index contributed by atoms with van der Waals surface area (Å²) in [7, 11) is 1.56. The smallest absolute Gasteiger partial charge is 0.143 e. The fourth-order valence-electron chi connectivity index (χ4n) is 1.81. The number of hydrogen-bond acceptors (Lipinski definition) is 3. The number of aliphatic hydroxyl groups is 1. The lowest BCUT2D eigenvalue weighted by atomic mass is 10.0. The number of nitrogens with zero attached hydrogens (tertiary/aromatic N) is 1. The second-order valence-corrected chi connectivity index (χ2v) is 4.38. The Balaban J connectivity index is 2.19. The molecule has 94 valence electrons. The van der Waals surface area contributed by atoms with Crippen LogP contribution in [0.3, 0.4) is 0 Å². The standard InChI is InChI=1S/C14H14ClNO2/c1-18-13-6-3-7-16-14(13)12(17)9-10-4-2-5-11(15)8-10/h2-8,12,17H,9H2,1H3. The number of aliphatic hydroxyl groups excluding tert-OH is 1. The van der Waals surface area contributed by atoms with Gasteiger partial charge in [-0.3, -0.25) is 4.98 Å². The Morgan fingerprint density at radius 3 is 2.89 bits per heavy atom. The van der Waals surface area contributed by atoms with Crippen LogP contribution in [0.4, 0.5) is 0 Å². The van der Waals surface area contributed by atoms with Gasteiger partial charge < -0.3 is 9.84 Å².